The average molecular weight is 311 g/mol. The Balaban J connectivity index is 2.02. The molecule has 21 heavy (non-hydrogen) atoms. The van der Waals surface area contributed by atoms with Crippen LogP contribution in [0, 0.1) is 6.92 Å². The third-order valence-electron chi connectivity index (χ3n) is 3.78. The van der Waals surface area contributed by atoms with Gasteiger partial charge in [0.1, 0.15) is 5.75 Å². The second-order valence-corrected chi connectivity index (χ2v) is 8.12. The lowest BCUT2D eigenvalue weighted by molar-refractivity contribution is -0.121. The van der Waals surface area contributed by atoms with E-state index in [9.17, 15) is 13.2 Å². The number of carbonyl (C=O) groups is 1. The Labute approximate surface area is 125 Å². The molecule has 1 atom stereocenters. The van der Waals surface area contributed by atoms with Crippen LogP contribution in [0.25, 0.3) is 0 Å². The van der Waals surface area contributed by atoms with Gasteiger partial charge in [-0.3, -0.25) is 4.79 Å². The number of hydrogen-bond acceptors (Lipinski definition) is 4. The van der Waals surface area contributed by atoms with Crippen molar-refractivity contribution in [2.75, 3.05) is 18.6 Å². The highest BCUT2D eigenvalue weighted by Crippen LogP contribution is 2.23. The summed E-state index contributed by atoms with van der Waals surface area (Å²) in [5.41, 5.74) is 1.21. The Morgan fingerprint density at radius 3 is 2.71 bits per heavy atom. The zero-order valence-corrected chi connectivity index (χ0v) is 13.4. The van der Waals surface area contributed by atoms with E-state index in [2.05, 4.69) is 5.32 Å². The Bertz CT molecular complexity index is 654. The van der Waals surface area contributed by atoms with E-state index in [0.717, 1.165) is 16.9 Å². The first-order valence-electron chi connectivity index (χ1n) is 6.88. The number of amides is 1. The van der Waals surface area contributed by atoms with Gasteiger partial charge in [-0.1, -0.05) is 12.1 Å². The van der Waals surface area contributed by atoms with Crippen LogP contribution in [-0.2, 0) is 21.1 Å². The Morgan fingerprint density at radius 2 is 2.14 bits per heavy atom. The first kappa shape index (κ1) is 15.8. The van der Waals surface area contributed by atoms with E-state index in [1.54, 1.807) is 14.0 Å². The van der Waals surface area contributed by atoms with Gasteiger partial charge in [0.05, 0.1) is 30.6 Å². The van der Waals surface area contributed by atoms with Crippen LogP contribution in [0.5, 0.6) is 5.75 Å². The summed E-state index contributed by atoms with van der Waals surface area (Å²) in [6, 6.07) is 5.62. The highest BCUT2D eigenvalue weighted by atomic mass is 32.2. The number of methoxy groups -OCH3 is 1. The fourth-order valence-corrected chi connectivity index (χ4v) is 4.74. The zero-order valence-electron chi connectivity index (χ0n) is 12.6. The summed E-state index contributed by atoms with van der Waals surface area (Å²) in [4.78, 5) is 12.1. The maximum absolute atomic E-state index is 12.1. The SMILES string of the molecule is COc1cc(CC(=O)N[C@@]2(C)CCS(=O)(=O)C2)ccc1C. The fraction of sp³-hybridized carbons (Fsp3) is 0.533. The highest BCUT2D eigenvalue weighted by Gasteiger charge is 2.39. The lowest BCUT2D eigenvalue weighted by Gasteiger charge is -2.24. The second-order valence-electron chi connectivity index (χ2n) is 5.93. The van der Waals surface area contributed by atoms with Gasteiger partial charge in [0.15, 0.2) is 9.84 Å². The van der Waals surface area contributed by atoms with Crippen molar-refractivity contribution in [3.05, 3.63) is 29.3 Å². The minimum Gasteiger partial charge on any atom is -0.496 e. The minimum atomic E-state index is -3.02. The van der Waals surface area contributed by atoms with Crippen LogP contribution < -0.4 is 10.1 Å². The molecule has 0 saturated carbocycles. The molecule has 1 amide bonds. The molecule has 116 valence electrons. The molecule has 1 heterocycles. The normalized spacial score (nSPS) is 23.8. The van der Waals surface area contributed by atoms with Crippen LogP contribution >= 0.6 is 0 Å². The first-order chi connectivity index (χ1) is 9.73. The molecule has 0 bridgehead atoms. The Kier molecular flexibility index (Phi) is 4.27. The number of nitrogens with one attached hydrogen (secondary N) is 1. The van der Waals surface area contributed by atoms with Gasteiger partial charge in [-0.25, -0.2) is 8.42 Å². The van der Waals surface area contributed by atoms with Crippen molar-refractivity contribution in [3.8, 4) is 5.75 Å². The number of aryl methyl sites for hydroxylation is 1. The van der Waals surface area contributed by atoms with E-state index in [-0.39, 0.29) is 23.8 Å². The Morgan fingerprint density at radius 1 is 1.43 bits per heavy atom. The van der Waals surface area contributed by atoms with E-state index < -0.39 is 15.4 Å². The molecule has 0 aliphatic carbocycles. The molecule has 0 radical (unpaired) electrons. The van der Waals surface area contributed by atoms with Gasteiger partial charge in [0, 0.05) is 0 Å². The maximum Gasteiger partial charge on any atom is 0.224 e. The van der Waals surface area contributed by atoms with E-state index >= 15 is 0 Å². The number of hydrogen-bond donors (Lipinski definition) is 1. The molecule has 2 rings (SSSR count). The van der Waals surface area contributed by atoms with Gasteiger partial charge in [-0.15, -0.1) is 0 Å². The standard InChI is InChI=1S/C15H21NO4S/c1-11-4-5-12(8-13(11)20-3)9-14(17)16-15(2)6-7-21(18,19)10-15/h4-5,8H,6-7,9-10H2,1-3H3,(H,16,17)/t15-/m0/s1. The van der Waals surface area contributed by atoms with Gasteiger partial charge in [0.2, 0.25) is 5.91 Å². The molecule has 6 heteroatoms. The van der Waals surface area contributed by atoms with E-state index in [1.165, 1.54) is 0 Å². The number of benzene rings is 1. The molecule has 5 nitrogen and oxygen atoms in total. The molecular weight excluding hydrogens is 290 g/mol. The van der Waals surface area contributed by atoms with Gasteiger partial charge in [0.25, 0.3) is 0 Å². The van der Waals surface area contributed by atoms with Crippen LogP contribution in [0.15, 0.2) is 18.2 Å². The maximum atomic E-state index is 12.1. The monoisotopic (exact) mass is 311 g/mol. The summed E-state index contributed by atoms with van der Waals surface area (Å²) in [7, 11) is -1.43. The average Bonchev–Trinajstić information content (AvgIpc) is 2.65. The van der Waals surface area contributed by atoms with Crippen LogP contribution in [0.2, 0.25) is 0 Å². The van der Waals surface area contributed by atoms with Gasteiger partial charge >= 0.3 is 0 Å². The summed E-state index contributed by atoms with van der Waals surface area (Å²) >= 11 is 0. The first-order valence-corrected chi connectivity index (χ1v) is 8.70. The van der Waals surface area contributed by atoms with Crippen molar-refractivity contribution in [2.24, 2.45) is 0 Å². The lowest BCUT2D eigenvalue weighted by Crippen LogP contribution is -2.47. The highest BCUT2D eigenvalue weighted by molar-refractivity contribution is 7.91. The number of rotatable bonds is 4. The van der Waals surface area contributed by atoms with E-state index in [0.29, 0.717) is 6.42 Å². The quantitative estimate of drug-likeness (QED) is 0.908. The van der Waals surface area contributed by atoms with Crippen molar-refractivity contribution in [3.63, 3.8) is 0 Å². The molecule has 1 aromatic rings. The molecule has 0 unspecified atom stereocenters. The topological polar surface area (TPSA) is 72.5 Å². The number of carbonyl (C=O) groups excluding carboxylic acids is 1. The molecule has 0 aromatic heterocycles. The fourth-order valence-electron chi connectivity index (χ4n) is 2.65. The van der Waals surface area contributed by atoms with E-state index in [4.69, 9.17) is 4.74 Å². The second kappa shape index (κ2) is 5.67. The summed E-state index contributed by atoms with van der Waals surface area (Å²) in [5.74, 6) is 0.737. The lowest BCUT2D eigenvalue weighted by atomic mass is 10.0. The van der Waals surface area contributed by atoms with Gasteiger partial charge in [-0.05, 0) is 37.5 Å². The van der Waals surface area contributed by atoms with Crippen LogP contribution in [-0.4, -0.2) is 38.5 Å². The summed E-state index contributed by atoms with van der Waals surface area (Å²) in [6.45, 7) is 3.72. The molecule has 1 fully saturated rings. The molecule has 1 aromatic carbocycles. The van der Waals surface area contributed by atoms with Crippen molar-refractivity contribution < 1.29 is 17.9 Å². The Hall–Kier alpha value is -1.56. The van der Waals surface area contributed by atoms with Crippen LogP contribution in [0.3, 0.4) is 0 Å². The van der Waals surface area contributed by atoms with Gasteiger partial charge < -0.3 is 10.1 Å². The largest absolute Gasteiger partial charge is 0.496 e. The summed E-state index contributed by atoms with van der Waals surface area (Å²) in [5, 5.41) is 2.85. The van der Waals surface area contributed by atoms with E-state index in [1.807, 2.05) is 25.1 Å². The molecule has 1 aliphatic rings. The summed E-state index contributed by atoms with van der Waals surface area (Å²) < 4.78 is 28.3. The van der Waals surface area contributed by atoms with Crippen LogP contribution in [0.1, 0.15) is 24.5 Å². The third-order valence-corrected chi connectivity index (χ3v) is 5.68. The van der Waals surface area contributed by atoms with Gasteiger partial charge in [-0.2, -0.15) is 0 Å². The molecule has 1 N–H and O–H groups in total. The van der Waals surface area contributed by atoms with Crippen molar-refractivity contribution in [1.82, 2.24) is 5.32 Å². The smallest absolute Gasteiger partial charge is 0.224 e. The predicted molar refractivity (Wildman–Crippen MR) is 81.3 cm³/mol. The molecule has 1 aliphatic heterocycles. The van der Waals surface area contributed by atoms with Crippen molar-refractivity contribution in [1.29, 1.82) is 0 Å². The number of ether oxygens (including phenoxy) is 1. The molecule has 1 saturated heterocycles. The predicted octanol–water partition coefficient (Wildman–Crippen LogP) is 1.24. The van der Waals surface area contributed by atoms with Crippen molar-refractivity contribution in [2.45, 2.75) is 32.2 Å². The third kappa shape index (κ3) is 3.97. The molecule has 0 spiro atoms. The van der Waals surface area contributed by atoms with Crippen molar-refractivity contribution >= 4 is 15.7 Å². The minimum absolute atomic E-state index is 0.0168. The van der Waals surface area contributed by atoms with Crippen LogP contribution in [0.4, 0.5) is 0 Å². The number of sulfone groups is 1. The summed E-state index contributed by atoms with van der Waals surface area (Å²) in [6.07, 6.45) is 0.685. The molecular formula is C15H21NO4S. The zero-order chi connectivity index (χ0) is 15.7.